The molecular weight excluding hydrogens is 350 g/mol. The molecule has 0 aliphatic carbocycles. The lowest BCUT2D eigenvalue weighted by Gasteiger charge is -2.31. The summed E-state index contributed by atoms with van der Waals surface area (Å²) in [6.45, 7) is 2.61. The first kappa shape index (κ1) is 19.1. The number of ether oxygens (including phenoxy) is 1. The molecule has 1 aromatic carbocycles. The summed E-state index contributed by atoms with van der Waals surface area (Å²) in [4.78, 5) is 16.7. The molecule has 1 aliphatic heterocycles. The highest BCUT2D eigenvalue weighted by Gasteiger charge is 2.22. The number of benzene rings is 1. The van der Waals surface area contributed by atoms with Crippen molar-refractivity contribution in [3.63, 3.8) is 0 Å². The van der Waals surface area contributed by atoms with Gasteiger partial charge in [-0.15, -0.1) is 12.4 Å². The number of hydrogen-bond acceptors (Lipinski definition) is 8. The highest BCUT2D eigenvalue weighted by atomic mass is 35.5. The summed E-state index contributed by atoms with van der Waals surface area (Å²) >= 11 is 0. The molecule has 25 heavy (non-hydrogen) atoms. The zero-order valence-electron chi connectivity index (χ0n) is 13.5. The van der Waals surface area contributed by atoms with Crippen molar-refractivity contribution in [2.75, 3.05) is 13.1 Å². The molecule has 2 N–H and O–H groups in total. The summed E-state index contributed by atoms with van der Waals surface area (Å²) in [6.07, 6.45) is 1.85. The molecule has 2 heterocycles. The number of piperidine rings is 1. The maximum Gasteiger partial charge on any atom is 0.269 e. The molecule has 0 amide bonds. The van der Waals surface area contributed by atoms with Crippen LogP contribution in [0.2, 0.25) is 0 Å². The first-order valence-corrected chi connectivity index (χ1v) is 7.79. The molecule has 136 valence electrons. The third-order valence-corrected chi connectivity index (χ3v) is 3.93. The quantitative estimate of drug-likeness (QED) is 0.605. The van der Waals surface area contributed by atoms with E-state index in [4.69, 9.17) is 15.0 Å². The highest BCUT2D eigenvalue weighted by Crippen LogP contribution is 2.22. The van der Waals surface area contributed by atoms with Crippen molar-refractivity contribution in [1.82, 2.24) is 15.0 Å². The lowest BCUT2D eigenvalue weighted by atomic mass is 10.1. The number of aromatic nitrogens is 2. The van der Waals surface area contributed by atoms with Crippen LogP contribution in [0.15, 0.2) is 28.8 Å². The van der Waals surface area contributed by atoms with Gasteiger partial charge in [-0.25, -0.2) is 0 Å². The number of non-ortho nitro benzene ring substituents is 1. The first-order valence-electron chi connectivity index (χ1n) is 7.79. The molecular formula is C15H20ClN5O4. The second kappa shape index (κ2) is 8.75. The number of halogens is 1. The average molecular weight is 370 g/mol. The van der Waals surface area contributed by atoms with Crippen LogP contribution in [-0.4, -0.2) is 39.2 Å². The van der Waals surface area contributed by atoms with Crippen LogP contribution >= 0.6 is 12.4 Å². The second-order valence-electron chi connectivity index (χ2n) is 5.65. The third-order valence-electron chi connectivity index (χ3n) is 3.93. The minimum absolute atomic E-state index is 0. The van der Waals surface area contributed by atoms with E-state index < -0.39 is 4.92 Å². The Hall–Kier alpha value is -2.23. The van der Waals surface area contributed by atoms with Crippen LogP contribution in [0.5, 0.6) is 5.75 Å². The maximum absolute atomic E-state index is 10.6. The van der Waals surface area contributed by atoms with Gasteiger partial charge in [-0.05, 0) is 25.0 Å². The molecule has 9 nitrogen and oxygen atoms in total. The zero-order chi connectivity index (χ0) is 16.9. The van der Waals surface area contributed by atoms with E-state index in [9.17, 15) is 10.1 Å². The van der Waals surface area contributed by atoms with Gasteiger partial charge < -0.3 is 15.0 Å². The molecule has 0 bridgehead atoms. The monoisotopic (exact) mass is 369 g/mol. The van der Waals surface area contributed by atoms with Crippen molar-refractivity contribution in [2.45, 2.75) is 32.0 Å². The van der Waals surface area contributed by atoms with Gasteiger partial charge in [0.15, 0.2) is 5.82 Å². The summed E-state index contributed by atoms with van der Waals surface area (Å²) < 4.78 is 10.9. The van der Waals surface area contributed by atoms with Gasteiger partial charge >= 0.3 is 0 Å². The fourth-order valence-corrected chi connectivity index (χ4v) is 2.66. The van der Waals surface area contributed by atoms with E-state index in [0.717, 1.165) is 25.9 Å². The third kappa shape index (κ3) is 5.12. The highest BCUT2D eigenvalue weighted by molar-refractivity contribution is 5.85. The number of rotatable bonds is 6. The fourth-order valence-electron chi connectivity index (χ4n) is 2.66. The Morgan fingerprint density at radius 3 is 2.56 bits per heavy atom. The largest absolute Gasteiger partial charge is 0.490 e. The van der Waals surface area contributed by atoms with Crippen LogP contribution in [0.3, 0.4) is 0 Å². The normalized spacial score (nSPS) is 15.6. The average Bonchev–Trinajstić information content (AvgIpc) is 3.05. The predicted octanol–water partition coefficient (Wildman–Crippen LogP) is 1.90. The minimum Gasteiger partial charge on any atom is -0.490 e. The van der Waals surface area contributed by atoms with E-state index in [-0.39, 0.29) is 30.7 Å². The lowest BCUT2D eigenvalue weighted by Crippen LogP contribution is -2.38. The van der Waals surface area contributed by atoms with Gasteiger partial charge in [-0.1, -0.05) is 5.16 Å². The smallest absolute Gasteiger partial charge is 0.269 e. The Kier molecular flexibility index (Phi) is 6.68. The minimum atomic E-state index is -0.420. The van der Waals surface area contributed by atoms with Gasteiger partial charge in [0.05, 0.1) is 18.0 Å². The molecule has 2 aromatic rings. The van der Waals surface area contributed by atoms with E-state index >= 15 is 0 Å². The Labute approximate surface area is 150 Å². The standard InChI is InChI=1S/C15H19N5O4.ClH/c16-9-15-17-14(18-24-15)10-19-7-5-13(6-8-19)23-12-3-1-11(2-4-12)20(21)22;/h1-4,13H,5-10,16H2;1H. The molecule has 1 aliphatic rings. The van der Waals surface area contributed by atoms with E-state index in [0.29, 0.717) is 24.0 Å². The Morgan fingerprint density at radius 2 is 2.00 bits per heavy atom. The van der Waals surface area contributed by atoms with Gasteiger partial charge in [0.1, 0.15) is 11.9 Å². The number of nitro groups is 1. The molecule has 0 unspecified atom stereocenters. The van der Waals surface area contributed by atoms with Crippen LogP contribution in [0.4, 0.5) is 5.69 Å². The summed E-state index contributed by atoms with van der Waals surface area (Å²) in [7, 11) is 0. The second-order valence-corrected chi connectivity index (χ2v) is 5.65. The van der Waals surface area contributed by atoms with Crippen molar-refractivity contribution < 1.29 is 14.2 Å². The van der Waals surface area contributed by atoms with Gasteiger partial charge in [0, 0.05) is 25.2 Å². The van der Waals surface area contributed by atoms with Gasteiger partial charge in [0.25, 0.3) is 5.69 Å². The van der Waals surface area contributed by atoms with E-state index in [1.165, 1.54) is 12.1 Å². The molecule has 0 radical (unpaired) electrons. The van der Waals surface area contributed by atoms with Crippen LogP contribution in [0, 0.1) is 10.1 Å². The Bertz CT molecular complexity index is 685. The number of nitro benzene ring substituents is 1. The maximum atomic E-state index is 10.6. The fraction of sp³-hybridized carbons (Fsp3) is 0.467. The van der Waals surface area contributed by atoms with Crippen LogP contribution in [0.25, 0.3) is 0 Å². The van der Waals surface area contributed by atoms with Gasteiger partial charge in [0.2, 0.25) is 5.89 Å². The van der Waals surface area contributed by atoms with Crippen molar-refractivity contribution in [2.24, 2.45) is 5.73 Å². The van der Waals surface area contributed by atoms with E-state index in [1.54, 1.807) is 12.1 Å². The van der Waals surface area contributed by atoms with Crippen LogP contribution in [-0.2, 0) is 13.1 Å². The number of hydrogen-bond donors (Lipinski definition) is 1. The number of likely N-dealkylation sites (tertiary alicyclic amines) is 1. The Morgan fingerprint density at radius 1 is 1.32 bits per heavy atom. The number of nitrogens with zero attached hydrogens (tertiary/aromatic N) is 4. The van der Waals surface area contributed by atoms with E-state index in [2.05, 4.69) is 15.0 Å². The van der Waals surface area contributed by atoms with E-state index in [1.807, 2.05) is 0 Å². The summed E-state index contributed by atoms with van der Waals surface area (Å²) in [5.74, 6) is 1.75. The first-order chi connectivity index (χ1) is 11.6. The molecule has 1 saturated heterocycles. The molecule has 0 atom stereocenters. The molecule has 1 aromatic heterocycles. The summed E-state index contributed by atoms with van der Waals surface area (Å²) in [5.41, 5.74) is 5.51. The summed E-state index contributed by atoms with van der Waals surface area (Å²) in [6, 6.07) is 6.18. The SMILES string of the molecule is Cl.NCc1nc(CN2CCC(Oc3ccc([N+](=O)[O-])cc3)CC2)no1. The summed E-state index contributed by atoms with van der Waals surface area (Å²) in [5, 5.41) is 14.5. The van der Waals surface area contributed by atoms with Gasteiger partial charge in [-0.3, -0.25) is 15.0 Å². The Balaban J connectivity index is 0.00000225. The molecule has 0 saturated carbocycles. The number of nitrogens with two attached hydrogens (primary N) is 1. The van der Waals surface area contributed by atoms with Crippen molar-refractivity contribution in [3.05, 3.63) is 46.1 Å². The molecule has 3 rings (SSSR count). The van der Waals surface area contributed by atoms with Crippen molar-refractivity contribution >= 4 is 18.1 Å². The molecule has 1 fully saturated rings. The van der Waals surface area contributed by atoms with Crippen molar-refractivity contribution in [3.8, 4) is 5.75 Å². The van der Waals surface area contributed by atoms with Crippen LogP contribution < -0.4 is 10.5 Å². The molecule has 0 spiro atoms. The lowest BCUT2D eigenvalue weighted by molar-refractivity contribution is -0.384. The van der Waals surface area contributed by atoms with Gasteiger partial charge in [-0.2, -0.15) is 4.98 Å². The molecule has 10 heteroatoms. The van der Waals surface area contributed by atoms with Crippen LogP contribution in [0.1, 0.15) is 24.6 Å². The predicted molar refractivity (Wildman–Crippen MR) is 91.5 cm³/mol. The van der Waals surface area contributed by atoms with Crippen molar-refractivity contribution in [1.29, 1.82) is 0 Å². The topological polar surface area (TPSA) is 121 Å². The zero-order valence-corrected chi connectivity index (χ0v) is 14.4.